The number of rotatable bonds is 4. The average molecular weight is 239 g/mol. The predicted octanol–water partition coefficient (Wildman–Crippen LogP) is 3.10. The standard InChI is InChI=1S/C13H21NOS/c1-3-12-8-11(4-6-15-12)14-9-13-10(2)5-7-16-13/h5,7,11-12,14H,3-4,6,8-9H2,1-2H3. The van der Waals surface area contributed by atoms with E-state index in [2.05, 4.69) is 30.6 Å². The number of hydrogen-bond acceptors (Lipinski definition) is 3. The molecule has 0 aliphatic carbocycles. The summed E-state index contributed by atoms with van der Waals surface area (Å²) in [7, 11) is 0. The lowest BCUT2D eigenvalue weighted by Gasteiger charge is -2.29. The molecule has 2 nitrogen and oxygen atoms in total. The molecule has 1 aromatic heterocycles. The van der Waals surface area contributed by atoms with Gasteiger partial charge in [0.05, 0.1) is 6.10 Å². The van der Waals surface area contributed by atoms with Crippen LogP contribution in [0, 0.1) is 6.92 Å². The molecule has 2 heterocycles. The summed E-state index contributed by atoms with van der Waals surface area (Å²) < 4.78 is 5.68. The van der Waals surface area contributed by atoms with Gasteiger partial charge in [0.1, 0.15) is 0 Å². The van der Waals surface area contributed by atoms with E-state index in [1.54, 1.807) is 0 Å². The van der Waals surface area contributed by atoms with Crippen molar-refractivity contribution in [1.82, 2.24) is 5.32 Å². The third-order valence-corrected chi connectivity index (χ3v) is 4.37. The summed E-state index contributed by atoms with van der Waals surface area (Å²) in [5, 5.41) is 5.83. The number of aryl methyl sites for hydroxylation is 1. The van der Waals surface area contributed by atoms with Gasteiger partial charge in [0, 0.05) is 24.1 Å². The molecule has 2 unspecified atom stereocenters. The SMILES string of the molecule is CCC1CC(NCc2sccc2C)CCO1. The summed E-state index contributed by atoms with van der Waals surface area (Å²) >= 11 is 1.85. The molecule has 0 saturated carbocycles. The lowest BCUT2D eigenvalue weighted by Crippen LogP contribution is -2.38. The zero-order valence-electron chi connectivity index (χ0n) is 10.2. The van der Waals surface area contributed by atoms with Gasteiger partial charge in [-0.15, -0.1) is 11.3 Å². The van der Waals surface area contributed by atoms with Crippen LogP contribution in [0.3, 0.4) is 0 Å². The van der Waals surface area contributed by atoms with Crippen LogP contribution in [0.1, 0.15) is 36.6 Å². The Hall–Kier alpha value is -0.380. The van der Waals surface area contributed by atoms with Crippen LogP contribution in [-0.4, -0.2) is 18.8 Å². The Labute approximate surface area is 102 Å². The Kier molecular flexibility index (Phi) is 4.38. The third-order valence-electron chi connectivity index (χ3n) is 3.34. The molecule has 3 heteroatoms. The monoisotopic (exact) mass is 239 g/mol. The second-order valence-corrected chi connectivity index (χ2v) is 5.53. The minimum Gasteiger partial charge on any atom is -0.378 e. The topological polar surface area (TPSA) is 21.3 Å². The zero-order valence-corrected chi connectivity index (χ0v) is 11.0. The molecule has 16 heavy (non-hydrogen) atoms. The van der Waals surface area contributed by atoms with Gasteiger partial charge in [-0.2, -0.15) is 0 Å². The number of ether oxygens (including phenoxy) is 1. The van der Waals surface area contributed by atoms with Crippen LogP contribution < -0.4 is 5.32 Å². The largest absolute Gasteiger partial charge is 0.378 e. The first-order valence-electron chi connectivity index (χ1n) is 6.17. The van der Waals surface area contributed by atoms with Crippen LogP contribution in [0.5, 0.6) is 0 Å². The summed E-state index contributed by atoms with van der Waals surface area (Å²) in [6.07, 6.45) is 3.92. The normalized spacial score (nSPS) is 25.9. The van der Waals surface area contributed by atoms with E-state index in [1.807, 2.05) is 11.3 Å². The maximum atomic E-state index is 5.68. The Balaban J connectivity index is 1.79. The van der Waals surface area contributed by atoms with E-state index in [4.69, 9.17) is 4.74 Å². The lowest BCUT2D eigenvalue weighted by atomic mass is 10.0. The highest BCUT2D eigenvalue weighted by atomic mass is 32.1. The van der Waals surface area contributed by atoms with Gasteiger partial charge in [0.25, 0.3) is 0 Å². The van der Waals surface area contributed by atoms with Crippen LogP contribution in [0.25, 0.3) is 0 Å². The third kappa shape index (κ3) is 3.06. The molecule has 90 valence electrons. The van der Waals surface area contributed by atoms with Crippen molar-refractivity contribution in [3.05, 3.63) is 21.9 Å². The summed E-state index contributed by atoms with van der Waals surface area (Å²) in [5.74, 6) is 0. The van der Waals surface area contributed by atoms with Crippen LogP contribution in [0.15, 0.2) is 11.4 Å². The molecule has 0 radical (unpaired) electrons. The molecular weight excluding hydrogens is 218 g/mol. The van der Waals surface area contributed by atoms with Crippen molar-refractivity contribution in [2.75, 3.05) is 6.61 Å². The molecule has 1 aliphatic rings. The van der Waals surface area contributed by atoms with E-state index >= 15 is 0 Å². The highest BCUT2D eigenvalue weighted by molar-refractivity contribution is 7.10. The second kappa shape index (κ2) is 5.80. The Morgan fingerprint density at radius 1 is 1.56 bits per heavy atom. The van der Waals surface area contributed by atoms with Gasteiger partial charge in [-0.3, -0.25) is 0 Å². The summed E-state index contributed by atoms with van der Waals surface area (Å²) in [6, 6.07) is 2.83. The molecule has 0 aromatic carbocycles. The second-order valence-electron chi connectivity index (χ2n) is 4.53. The van der Waals surface area contributed by atoms with Crippen LogP contribution in [0.2, 0.25) is 0 Å². The highest BCUT2D eigenvalue weighted by Crippen LogP contribution is 2.19. The van der Waals surface area contributed by atoms with Crippen molar-refractivity contribution in [1.29, 1.82) is 0 Å². The van der Waals surface area contributed by atoms with Crippen molar-refractivity contribution in [3.63, 3.8) is 0 Å². The minimum atomic E-state index is 0.468. The van der Waals surface area contributed by atoms with Gasteiger partial charge >= 0.3 is 0 Å². The van der Waals surface area contributed by atoms with E-state index < -0.39 is 0 Å². The van der Waals surface area contributed by atoms with E-state index in [1.165, 1.54) is 16.9 Å². The summed E-state index contributed by atoms with van der Waals surface area (Å²) in [5.41, 5.74) is 1.41. The molecule has 2 atom stereocenters. The molecule has 0 spiro atoms. The van der Waals surface area contributed by atoms with Gasteiger partial charge < -0.3 is 10.1 Å². The van der Waals surface area contributed by atoms with E-state index in [0.29, 0.717) is 12.1 Å². The van der Waals surface area contributed by atoms with Crippen molar-refractivity contribution in [3.8, 4) is 0 Å². The molecule has 0 amide bonds. The molecule has 0 bridgehead atoms. The number of nitrogens with one attached hydrogen (secondary N) is 1. The smallest absolute Gasteiger partial charge is 0.0587 e. The van der Waals surface area contributed by atoms with Crippen molar-refractivity contribution < 1.29 is 4.74 Å². The average Bonchev–Trinajstić information content (AvgIpc) is 2.72. The van der Waals surface area contributed by atoms with Gasteiger partial charge in [-0.25, -0.2) is 0 Å². The summed E-state index contributed by atoms with van der Waals surface area (Å²) in [4.78, 5) is 1.47. The Bertz CT molecular complexity index is 323. The zero-order chi connectivity index (χ0) is 11.4. The van der Waals surface area contributed by atoms with Crippen molar-refractivity contribution >= 4 is 11.3 Å². The maximum absolute atomic E-state index is 5.68. The fourth-order valence-corrected chi connectivity index (χ4v) is 3.03. The molecular formula is C13H21NOS. The minimum absolute atomic E-state index is 0.468. The predicted molar refractivity (Wildman–Crippen MR) is 68.9 cm³/mol. The van der Waals surface area contributed by atoms with E-state index in [-0.39, 0.29) is 0 Å². The summed E-state index contributed by atoms with van der Waals surface area (Å²) in [6.45, 7) is 6.33. The van der Waals surface area contributed by atoms with E-state index in [9.17, 15) is 0 Å². The van der Waals surface area contributed by atoms with Crippen LogP contribution >= 0.6 is 11.3 Å². The van der Waals surface area contributed by atoms with Crippen molar-refractivity contribution in [2.24, 2.45) is 0 Å². The Morgan fingerprint density at radius 2 is 2.44 bits per heavy atom. The quantitative estimate of drug-likeness (QED) is 0.871. The van der Waals surface area contributed by atoms with E-state index in [0.717, 1.165) is 26.0 Å². The van der Waals surface area contributed by atoms with Gasteiger partial charge in [-0.1, -0.05) is 6.92 Å². The van der Waals surface area contributed by atoms with Gasteiger partial charge in [0.15, 0.2) is 0 Å². The highest BCUT2D eigenvalue weighted by Gasteiger charge is 2.20. The number of thiophene rings is 1. The van der Waals surface area contributed by atoms with Gasteiger partial charge in [-0.05, 0) is 43.2 Å². The fraction of sp³-hybridized carbons (Fsp3) is 0.692. The molecule has 1 fully saturated rings. The Morgan fingerprint density at radius 3 is 3.12 bits per heavy atom. The fourth-order valence-electron chi connectivity index (χ4n) is 2.17. The van der Waals surface area contributed by atoms with Gasteiger partial charge in [0.2, 0.25) is 0 Å². The molecule has 2 rings (SSSR count). The van der Waals surface area contributed by atoms with Crippen LogP contribution in [0.4, 0.5) is 0 Å². The number of hydrogen-bond donors (Lipinski definition) is 1. The molecule has 1 N–H and O–H groups in total. The molecule has 1 aliphatic heterocycles. The molecule has 1 saturated heterocycles. The lowest BCUT2D eigenvalue weighted by molar-refractivity contribution is -0.000280. The maximum Gasteiger partial charge on any atom is 0.0587 e. The first-order valence-corrected chi connectivity index (χ1v) is 7.05. The van der Waals surface area contributed by atoms with Crippen LogP contribution in [-0.2, 0) is 11.3 Å². The van der Waals surface area contributed by atoms with Crippen molar-refractivity contribution in [2.45, 2.75) is 51.8 Å². The first kappa shape index (κ1) is 12.1. The first-order chi connectivity index (χ1) is 7.79. The molecule has 1 aromatic rings.